The summed E-state index contributed by atoms with van der Waals surface area (Å²) in [5.74, 6) is 0.525. The number of nitrogens with zero attached hydrogens (tertiary/aromatic N) is 2. The Labute approximate surface area is 147 Å². The molecule has 0 aliphatic heterocycles. The molecule has 0 amide bonds. The van der Waals surface area contributed by atoms with E-state index in [2.05, 4.69) is 11.7 Å². The number of aryl methyl sites for hydroxylation is 1. The van der Waals surface area contributed by atoms with Crippen LogP contribution in [0.2, 0.25) is 0 Å². The van der Waals surface area contributed by atoms with Crippen molar-refractivity contribution in [2.24, 2.45) is 0 Å². The first-order chi connectivity index (χ1) is 12.0. The molecule has 0 aliphatic rings. The summed E-state index contributed by atoms with van der Waals surface area (Å²) < 4.78 is 7.24. The van der Waals surface area contributed by atoms with Gasteiger partial charge in [0.05, 0.1) is 5.69 Å². The molecular formula is C21H22N2O2. The second-order valence-corrected chi connectivity index (χ2v) is 6.35. The topological polar surface area (TPSA) is 44.1 Å². The van der Waals surface area contributed by atoms with Gasteiger partial charge in [-0.15, -0.1) is 0 Å². The van der Waals surface area contributed by atoms with Gasteiger partial charge >= 0.3 is 0 Å². The maximum Gasteiger partial charge on any atom is 0.284 e. The number of benzene rings is 2. The predicted octanol–water partition coefficient (Wildman–Crippen LogP) is 4.49. The zero-order valence-electron chi connectivity index (χ0n) is 14.9. The molecule has 0 saturated carbocycles. The fraction of sp³-hybridized carbons (Fsp3) is 0.238. The van der Waals surface area contributed by atoms with Gasteiger partial charge in [-0.1, -0.05) is 48.6 Å². The Morgan fingerprint density at radius 3 is 2.64 bits per heavy atom. The number of carbonyl (C=O) groups is 1. The van der Waals surface area contributed by atoms with Crippen LogP contribution in [0.15, 0.2) is 54.6 Å². The SMILES string of the molecule is C=C(C)Cc1c(C)nn(C(=O)COc2cccc3ccccc23)c1C. The van der Waals surface area contributed by atoms with Crippen LogP contribution in [0.5, 0.6) is 5.75 Å². The third-order valence-electron chi connectivity index (χ3n) is 4.26. The molecule has 0 N–H and O–H groups in total. The van der Waals surface area contributed by atoms with Crippen molar-refractivity contribution >= 4 is 16.7 Å². The van der Waals surface area contributed by atoms with E-state index in [0.717, 1.165) is 39.7 Å². The van der Waals surface area contributed by atoms with Crippen molar-refractivity contribution in [2.45, 2.75) is 27.2 Å². The van der Waals surface area contributed by atoms with Gasteiger partial charge < -0.3 is 4.74 Å². The van der Waals surface area contributed by atoms with Crippen LogP contribution in [0.3, 0.4) is 0 Å². The third-order valence-corrected chi connectivity index (χ3v) is 4.26. The summed E-state index contributed by atoms with van der Waals surface area (Å²) in [6.07, 6.45) is 0.731. The molecule has 4 nitrogen and oxygen atoms in total. The molecule has 128 valence electrons. The van der Waals surface area contributed by atoms with Crippen LogP contribution in [0, 0.1) is 13.8 Å². The summed E-state index contributed by atoms with van der Waals surface area (Å²) in [5.41, 5.74) is 3.82. The van der Waals surface area contributed by atoms with Crippen LogP contribution < -0.4 is 4.74 Å². The highest BCUT2D eigenvalue weighted by molar-refractivity contribution is 5.88. The standard InChI is InChI=1S/C21H22N2O2/c1-14(2)12-19-15(3)22-23(16(19)4)21(24)13-25-20-11-7-9-17-8-5-6-10-18(17)20/h5-11H,1,12-13H2,2-4H3. The van der Waals surface area contributed by atoms with Crippen molar-refractivity contribution < 1.29 is 9.53 Å². The average molecular weight is 334 g/mol. The summed E-state index contributed by atoms with van der Waals surface area (Å²) in [6, 6.07) is 13.8. The highest BCUT2D eigenvalue weighted by Gasteiger charge is 2.17. The molecule has 0 saturated heterocycles. The van der Waals surface area contributed by atoms with Crippen LogP contribution in [-0.2, 0) is 6.42 Å². The average Bonchev–Trinajstić information content (AvgIpc) is 2.87. The van der Waals surface area contributed by atoms with E-state index in [1.165, 1.54) is 4.68 Å². The Hall–Kier alpha value is -2.88. The number of hydrogen-bond donors (Lipinski definition) is 0. The number of ether oxygens (including phenoxy) is 1. The summed E-state index contributed by atoms with van der Waals surface area (Å²) in [6.45, 7) is 9.69. The lowest BCUT2D eigenvalue weighted by Crippen LogP contribution is -2.21. The van der Waals surface area contributed by atoms with E-state index < -0.39 is 0 Å². The molecule has 0 fully saturated rings. The summed E-state index contributed by atoms with van der Waals surface area (Å²) in [7, 11) is 0. The summed E-state index contributed by atoms with van der Waals surface area (Å²) in [4.78, 5) is 12.6. The Bertz CT molecular complexity index is 948. The maximum atomic E-state index is 12.6. The van der Waals surface area contributed by atoms with Gasteiger partial charge in [0.15, 0.2) is 6.61 Å². The van der Waals surface area contributed by atoms with Crippen molar-refractivity contribution in [3.8, 4) is 5.75 Å². The van der Waals surface area contributed by atoms with E-state index in [4.69, 9.17) is 4.74 Å². The molecular weight excluding hydrogens is 312 g/mol. The van der Waals surface area contributed by atoms with Gasteiger partial charge in [0.2, 0.25) is 0 Å². The van der Waals surface area contributed by atoms with Crippen molar-refractivity contribution in [3.63, 3.8) is 0 Å². The fourth-order valence-electron chi connectivity index (χ4n) is 3.00. The molecule has 1 heterocycles. The molecule has 3 rings (SSSR count). The van der Waals surface area contributed by atoms with E-state index in [9.17, 15) is 4.79 Å². The Kier molecular flexibility index (Phi) is 4.70. The van der Waals surface area contributed by atoms with Crippen molar-refractivity contribution in [1.82, 2.24) is 9.78 Å². The Morgan fingerprint density at radius 1 is 1.16 bits per heavy atom. The van der Waals surface area contributed by atoms with E-state index in [1.54, 1.807) is 0 Å². The first kappa shape index (κ1) is 17.0. The van der Waals surface area contributed by atoms with E-state index in [0.29, 0.717) is 5.75 Å². The van der Waals surface area contributed by atoms with Gasteiger partial charge in [-0.25, -0.2) is 4.68 Å². The molecule has 0 unspecified atom stereocenters. The van der Waals surface area contributed by atoms with Gasteiger partial charge in [-0.3, -0.25) is 4.79 Å². The third kappa shape index (κ3) is 3.48. The van der Waals surface area contributed by atoms with Gasteiger partial charge in [0, 0.05) is 16.6 Å². The molecule has 0 atom stereocenters. The monoisotopic (exact) mass is 334 g/mol. The minimum atomic E-state index is -0.179. The van der Waals surface area contributed by atoms with E-state index >= 15 is 0 Å². The Morgan fingerprint density at radius 2 is 1.88 bits per heavy atom. The molecule has 0 radical (unpaired) electrons. The maximum absolute atomic E-state index is 12.6. The number of allylic oxidation sites excluding steroid dienone is 1. The van der Waals surface area contributed by atoms with Crippen molar-refractivity contribution in [3.05, 3.63) is 71.6 Å². The lowest BCUT2D eigenvalue weighted by molar-refractivity contribution is 0.0819. The van der Waals surface area contributed by atoms with E-state index in [1.807, 2.05) is 63.2 Å². The second-order valence-electron chi connectivity index (χ2n) is 6.35. The molecule has 1 aromatic heterocycles. The molecule has 0 spiro atoms. The van der Waals surface area contributed by atoms with Gasteiger partial charge in [-0.05, 0) is 38.6 Å². The summed E-state index contributed by atoms with van der Waals surface area (Å²) >= 11 is 0. The smallest absolute Gasteiger partial charge is 0.284 e. The normalized spacial score (nSPS) is 10.8. The Balaban J connectivity index is 1.80. The number of carbonyl (C=O) groups excluding carboxylic acids is 1. The highest BCUT2D eigenvalue weighted by Crippen LogP contribution is 2.25. The molecule has 3 aromatic rings. The van der Waals surface area contributed by atoms with Crippen LogP contribution in [0.4, 0.5) is 0 Å². The lowest BCUT2D eigenvalue weighted by atomic mass is 10.1. The van der Waals surface area contributed by atoms with E-state index in [-0.39, 0.29) is 12.5 Å². The zero-order chi connectivity index (χ0) is 18.0. The van der Waals surface area contributed by atoms with Gasteiger partial charge in [-0.2, -0.15) is 5.10 Å². The molecule has 25 heavy (non-hydrogen) atoms. The zero-order valence-corrected chi connectivity index (χ0v) is 14.9. The number of fused-ring (bicyclic) bond motifs is 1. The second kappa shape index (κ2) is 6.93. The van der Waals surface area contributed by atoms with Crippen LogP contribution in [0.25, 0.3) is 10.8 Å². The largest absolute Gasteiger partial charge is 0.483 e. The number of aromatic nitrogens is 2. The molecule has 2 aromatic carbocycles. The quantitative estimate of drug-likeness (QED) is 0.646. The van der Waals surface area contributed by atoms with Crippen LogP contribution in [-0.4, -0.2) is 22.3 Å². The van der Waals surface area contributed by atoms with Gasteiger partial charge in [0.1, 0.15) is 5.75 Å². The minimum absolute atomic E-state index is 0.0531. The first-order valence-electron chi connectivity index (χ1n) is 8.30. The minimum Gasteiger partial charge on any atom is -0.483 e. The number of rotatable bonds is 5. The van der Waals surface area contributed by atoms with Crippen molar-refractivity contribution in [2.75, 3.05) is 6.61 Å². The van der Waals surface area contributed by atoms with Crippen LogP contribution in [0.1, 0.15) is 28.7 Å². The highest BCUT2D eigenvalue weighted by atomic mass is 16.5. The van der Waals surface area contributed by atoms with Crippen molar-refractivity contribution in [1.29, 1.82) is 0 Å². The molecule has 0 aliphatic carbocycles. The molecule has 4 heteroatoms. The number of hydrogen-bond acceptors (Lipinski definition) is 3. The predicted molar refractivity (Wildman–Crippen MR) is 100 cm³/mol. The van der Waals surface area contributed by atoms with Gasteiger partial charge in [0.25, 0.3) is 5.91 Å². The lowest BCUT2D eigenvalue weighted by Gasteiger charge is -2.09. The molecule has 0 bridgehead atoms. The summed E-state index contributed by atoms with van der Waals surface area (Å²) in [5, 5.41) is 6.46. The first-order valence-corrected chi connectivity index (χ1v) is 8.30. The van der Waals surface area contributed by atoms with Crippen LogP contribution >= 0.6 is 0 Å². The fourth-order valence-corrected chi connectivity index (χ4v) is 3.00.